The lowest BCUT2D eigenvalue weighted by molar-refractivity contribution is 0.102. The van der Waals surface area contributed by atoms with Gasteiger partial charge in [0.1, 0.15) is 17.3 Å². The molecule has 1 amide bonds. The first-order chi connectivity index (χ1) is 10.2. The minimum atomic E-state index is -0.370. The van der Waals surface area contributed by atoms with Gasteiger partial charge in [-0.05, 0) is 25.7 Å². The molecule has 4 rings (SSSR count). The van der Waals surface area contributed by atoms with Crippen LogP contribution in [0, 0.1) is 0 Å². The first-order valence-electron chi connectivity index (χ1n) is 7.17. The Morgan fingerprint density at radius 3 is 2.86 bits per heavy atom. The standard InChI is InChI=1S/C14H15N5O2/c20-12-7-10(16-13(18-12)8-1-2-8)14(21)17-11-5-6-15-19(11)9-3-4-9/h5-9H,1-4H2,(H,17,21)(H,16,18,20). The molecule has 2 heterocycles. The Kier molecular flexibility index (Phi) is 2.66. The third-order valence-electron chi connectivity index (χ3n) is 3.76. The third kappa shape index (κ3) is 2.46. The van der Waals surface area contributed by atoms with Gasteiger partial charge in [-0.25, -0.2) is 9.67 Å². The summed E-state index contributed by atoms with van der Waals surface area (Å²) < 4.78 is 1.81. The van der Waals surface area contributed by atoms with E-state index in [0.717, 1.165) is 25.7 Å². The molecule has 2 aromatic rings. The fourth-order valence-electron chi connectivity index (χ4n) is 2.35. The molecule has 0 aliphatic heterocycles. The lowest BCUT2D eigenvalue weighted by atomic mass is 10.3. The van der Waals surface area contributed by atoms with Crippen LogP contribution in [0.25, 0.3) is 0 Å². The highest BCUT2D eigenvalue weighted by Gasteiger charge is 2.28. The molecule has 0 radical (unpaired) electrons. The van der Waals surface area contributed by atoms with Gasteiger partial charge >= 0.3 is 0 Å². The summed E-state index contributed by atoms with van der Waals surface area (Å²) in [6.07, 6.45) is 5.86. The van der Waals surface area contributed by atoms with Crippen molar-refractivity contribution in [2.75, 3.05) is 5.32 Å². The molecule has 2 saturated carbocycles. The van der Waals surface area contributed by atoms with E-state index in [0.29, 0.717) is 23.6 Å². The van der Waals surface area contributed by atoms with Crippen LogP contribution in [0.1, 0.15) is 54.0 Å². The Bertz CT molecular complexity index is 755. The van der Waals surface area contributed by atoms with Crippen LogP contribution in [0.15, 0.2) is 23.1 Å². The van der Waals surface area contributed by atoms with Crippen molar-refractivity contribution in [1.29, 1.82) is 0 Å². The third-order valence-corrected chi connectivity index (χ3v) is 3.76. The normalized spacial score (nSPS) is 17.7. The lowest BCUT2D eigenvalue weighted by Crippen LogP contribution is -2.21. The number of carbonyl (C=O) groups excluding carboxylic acids is 1. The fraction of sp³-hybridized carbons (Fsp3) is 0.429. The van der Waals surface area contributed by atoms with Crippen LogP contribution in [0.5, 0.6) is 0 Å². The molecule has 0 atom stereocenters. The van der Waals surface area contributed by atoms with Gasteiger partial charge in [0.2, 0.25) is 0 Å². The summed E-state index contributed by atoms with van der Waals surface area (Å²) in [5, 5.41) is 7.00. The molecule has 2 N–H and O–H groups in total. The number of aromatic amines is 1. The number of hydrogen-bond acceptors (Lipinski definition) is 4. The van der Waals surface area contributed by atoms with Crippen molar-refractivity contribution < 1.29 is 4.79 Å². The zero-order valence-corrected chi connectivity index (χ0v) is 11.4. The fourth-order valence-corrected chi connectivity index (χ4v) is 2.35. The van der Waals surface area contributed by atoms with Crippen molar-refractivity contribution in [2.45, 2.75) is 37.6 Å². The van der Waals surface area contributed by atoms with Crippen LogP contribution in [-0.2, 0) is 0 Å². The van der Waals surface area contributed by atoms with Gasteiger partial charge < -0.3 is 10.3 Å². The zero-order valence-electron chi connectivity index (χ0n) is 11.4. The van der Waals surface area contributed by atoms with Crippen molar-refractivity contribution in [3.63, 3.8) is 0 Å². The van der Waals surface area contributed by atoms with E-state index >= 15 is 0 Å². The molecule has 2 aliphatic rings. The molecule has 2 aliphatic carbocycles. The first kappa shape index (κ1) is 12.3. The summed E-state index contributed by atoms with van der Waals surface area (Å²) in [6, 6.07) is 3.37. The van der Waals surface area contributed by atoms with E-state index in [4.69, 9.17) is 0 Å². The number of nitrogens with zero attached hydrogens (tertiary/aromatic N) is 3. The summed E-state index contributed by atoms with van der Waals surface area (Å²) in [6.45, 7) is 0. The molecule has 0 spiro atoms. The Balaban J connectivity index is 1.59. The Labute approximate surface area is 120 Å². The Hall–Kier alpha value is -2.44. The number of anilines is 1. The predicted octanol–water partition coefficient (Wildman–Crippen LogP) is 1.43. The molecule has 0 saturated heterocycles. The average Bonchev–Trinajstić information content (AvgIpc) is 3.37. The second kappa shape index (κ2) is 4.54. The van der Waals surface area contributed by atoms with Crippen molar-refractivity contribution in [3.05, 3.63) is 40.2 Å². The van der Waals surface area contributed by atoms with Crippen molar-refractivity contribution in [3.8, 4) is 0 Å². The van der Waals surface area contributed by atoms with E-state index < -0.39 is 0 Å². The van der Waals surface area contributed by atoms with Gasteiger partial charge in [-0.2, -0.15) is 5.10 Å². The number of carbonyl (C=O) groups is 1. The largest absolute Gasteiger partial charge is 0.310 e. The molecule has 2 fully saturated rings. The number of nitrogens with one attached hydrogen (secondary N) is 2. The van der Waals surface area contributed by atoms with E-state index in [-0.39, 0.29) is 17.2 Å². The minimum absolute atomic E-state index is 0.157. The van der Waals surface area contributed by atoms with Gasteiger partial charge in [-0.1, -0.05) is 0 Å². The molecule has 7 nitrogen and oxygen atoms in total. The lowest BCUT2D eigenvalue weighted by Gasteiger charge is -2.08. The number of aromatic nitrogens is 4. The molecule has 2 aromatic heterocycles. The smallest absolute Gasteiger partial charge is 0.275 e. The zero-order chi connectivity index (χ0) is 14.4. The minimum Gasteiger partial charge on any atom is -0.310 e. The summed E-state index contributed by atoms with van der Waals surface area (Å²) in [4.78, 5) is 30.9. The molecule has 7 heteroatoms. The second-order valence-corrected chi connectivity index (χ2v) is 5.64. The molecule has 21 heavy (non-hydrogen) atoms. The monoisotopic (exact) mass is 285 g/mol. The summed E-state index contributed by atoms with van der Waals surface area (Å²) in [5.74, 6) is 1.19. The Morgan fingerprint density at radius 2 is 2.14 bits per heavy atom. The number of H-pyrrole nitrogens is 1. The molecule has 0 bridgehead atoms. The predicted molar refractivity (Wildman–Crippen MR) is 75.3 cm³/mol. The van der Waals surface area contributed by atoms with Crippen molar-refractivity contribution >= 4 is 11.7 Å². The highest BCUT2D eigenvalue weighted by molar-refractivity contribution is 6.02. The number of rotatable bonds is 4. The Morgan fingerprint density at radius 1 is 1.33 bits per heavy atom. The average molecular weight is 285 g/mol. The maximum absolute atomic E-state index is 12.3. The van der Waals surface area contributed by atoms with Gasteiger partial charge in [0.15, 0.2) is 0 Å². The molecular formula is C14H15N5O2. The number of amides is 1. The molecule has 108 valence electrons. The van der Waals surface area contributed by atoms with Gasteiger partial charge in [0, 0.05) is 18.1 Å². The molecule has 0 aromatic carbocycles. The maximum Gasteiger partial charge on any atom is 0.275 e. The van der Waals surface area contributed by atoms with E-state index in [9.17, 15) is 9.59 Å². The van der Waals surface area contributed by atoms with Crippen LogP contribution in [0.3, 0.4) is 0 Å². The molecular weight excluding hydrogens is 270 g/mol. The SMILES string of the molecule is O=C(Nc1ccnn1C1CC1)c1cc(=O)[nH]c(C2CC2)n1. The first-order valence-corrected chi connectivity index (χ1v) is 7.17. The highest BCUT2D eigenvalue weighted by Crippen LogP contribution is 2.38. The van der Waals surface area contributed by atoms with E-state index in [1.807, 2.05) is 4.68 Å². The van der Waals surface area contributed by atoms with E-state index in [2.05, 4.69) is 20.4 Å². The van der Waals surface area contributed by atoms with Crippen LogP contribution in [0.4, 0.5) is 5.82 Å². The number of hydrogen-bond donors (Lipinski definition) is 2. The topological polar surface area (TPSA) is 92.7 Å². The summed E-state index contributed by atoms with van der Waals surface area (Å²) >= 11 is 0. The van der Waals surface area contributed by atoms with E-state index in [1.54, 1.807) is 12.3 Å². The van der Waals surface area contributed by atoms with Gasteiger partial charge in [-0.15, -0.1) is 0 Å². The van der Waals surface area contributed by atoms with Gasteiger partial charge in [-0.3, -0.25) is 9.59 Å². The van der Waals surface area contributed by atoms with Gasteiger partial charge in [0.05, 0.1) is 12.2 Å². The van der Waals surface area contributed by atoms with Crippen LogP contribution < -0.4 is 10.9 Å². The second-order valence-electron chi connectivity index (χ2n) is 5.64. The maximum atomic E-state index is 12.3. The van der Waals surface area contributed by atoms with Crippen LogP contribution in [0.2, 0.25) is 0 Å². The van der Waals surface area contributed by atoms with Crippen LogP contribution >= 0.6 is 0 Å². The summed E-state index contributed by atoms with van der Waals surface area (Å²) in [5.41, 5.74) is -0.128. The quantitative estimate of drug-likeness (QED) is 0.888. The van der Waals surface area contributed by atoms with Crippen molar-refractivity contribution in [2.24, 2.45) is 0 Å². The summed E-state index contributed by atoms with van der Waals surface area (Å²) in [7, 11) is 0. The highest BCUT2D eigenvalue weighted by atomic mass is 16.2. The van der Waals surface area contributed by atoms with Gasteiger partial charge in [0.25, 0.3) is 11.5 Å². The van der Waals surface area contributed by atoms with Crippen molar-refractivity contribution in [1.82, 2.24) is 19.7 Å². The van der Waals surface area contributed by atoms with E-state index in [1.165, 1.54) is 6.07 Å². The van der Waals surface area contributed by atoms with Crippen LogP contribution in [-0.4, -0.2) is 25.7 Å². The molecule has 0 unspecified atom stereocenters.